The largest absolute Gasteiger partial charge is 0.444 e. The smallest absolute Gasteiger partial charge is 0.410 e. The van der Waals surface area contributed by atoms with E-state index in [4.69, 9.17) is 9.47 Å². The molecule has 2 saturated heterocycles. The van der Waals surface area contributed by atoms with Gasteiger partial charge in [0.15, 0.2) is 0 Å². The van der Waals surface area contributed by atoms with Gasteiger partial charge in [-0.3, -0.25) is 24.0 Å². The third-order valence-corrected chi connectivity index (χ3v) is 11.9. The molecule has 5 atom stereocenters. The van der Waals surface area contributed by atoms with Gasteiger partial charge in [0.1, 0.15) is 41.0 Å². The van der Waals surface area contributed by atoms with Crippen molar-refractivity contribution in [3.05, 3.63) is 70.8 Å². The zero-order valence-corrected chi connectivity index (χ0v) is 32.6. The summed E-state index contributed by atoms with van der Waals surface area (Å²) < 4.78 is 68.4. The minimum Gasteiger partial charge on any atom is -0.444 e. The molecule has 2 aromatic rings. The first-order valence-corrected chi connectivity index (χ1v) is 20.7. The number of benzene rings is 2. The van der Waals surface area contributed by atoms with Gasteiger partial charge in [-0.2, -0.15) is 0 Å². The molecule has 5 amide bonds. The normalized spacial score (nSPS) is 25.7. The molecule has 14 nitrogen and oxygen atoms in total. The Morgan fingerprint density at radius 2 is 1.64 bits per heavy atom. The lowest BCUT2D eigenvalue weighted by Gasteiger charge is -2.30. The minimum absolute atomic E-state index is 0.0269. The summed E-state index contributed by atoms with van der Waals surface area (Å²) in [4.78, 5) is 71.4. The van der Waals surface area contributed by atoms with E-state index in [1.54, 1.807) is 32.9 Å². The number of nitrogens with zero attached hydrogens (tertiary/aromatic N) is 2. The first-order valence-electron chi connectivity index (χ1n) is 19.1. The molecule has 0 radical (unpaired) electrons. The minimum atomic E-state index is -4.40. The Morgan fingerprint density at radius 1 is 0.946 bits per heavy atom. The third-order valence-electron chi connectivity index (χ3n) is 10.7. The van der Waals surface area contributed by atoms with Crippen LogP contribution in [0.5, 0.6) is 0 Å². The van der Waals surface area contributed by atoms with Crippen LogP contribution in [0.15, 0.2) is 42.5 Å². The summed E-state index contributed by atoms with van der Waals surface area (Å²) in [5.74, 6) is -4.80. The van der Waals surface area contributed by atoms with Crippen molar-refractivity contribution in [3.63, 3.8) is 0 Å². The fraction of sp³-hybridized carbons (Fsp3) is 0.564. The fourth-order valence-corrected chi connectivity index (χ4v) is 9.02. The molecule has 3 heterocycles. The molecule has 3 aliphatic heterocycles. The lowest BCUT2D eigenvalue weighted by atomic mass is 10.0. The average Bonchev–Trinajstić information content (AvgIpc) is 3.40. The molecular formula is C39H49F2N5O9S. The SMILES string of the molecule is CC(C)(C)OC(=O)N[C@H]1CCCCCCC[C@H]2C[C@@]2(C(=O)NS(=O)(=O)Cc2ccccc2F)NC(=O)[C@@H]2C[C@@H](OC(=O)N3Cc4cccc(F)c4C3)CN2C1=O. The van der Waals surface area contributed by atoms with Gasteiger partial charge in [-0.05, 0) is 63.6 Å². The molecule has 4 aliphatic rings. The van der Waals surface area contributed by atoms with Crippen LogP contribution in [0.25, 0.3) is 0 Å². The first-order chi connectivity index (χ1) is 26.4. The number of hydrogen-bond acceptors (Lipinski definition) is 9. The predicted molar refractivity (Wildman–Crippen MR) is 198 cm³/mol. The van der Waals surface area contributed by atoms with E-state index in [1.807, 2.05) is 0 Å². The summed E-state index contributed by atoms with van der Waals surface area (Å²) in [5.41, 5.74) is -1.64. The number of alkyl carbamates (subject to hydrolysis) is 1. The van der Waals surface area contributed by atoms with Crippen molar-refractivity contribution < 1.29 is 50.6 Å². The van der Waals surface area contributed by atoms with E-state index in [2.05, 4.69) is 15.4 Å². The predicted octanol–water partition coefficient (Wildman–Crippen LogP) is 4.55. The van der Waals surface area contributed by atoms with Crippen molar-refractivity contribution in [3.8, 4) is 0 Å². The van der Waals surface area contributed by atoms with Crippen LogP contribution >= 0.6 is 0 Å². The van der Waals surface area contributed by atoms with Gasteiger partial charge in [-0.25, -0.2) is 26.8 Å². The second-order valence-electron chi connectivity index (χ2n) is 16.2. The highest BCUT2D eigenvalue weighted by molar-refractivity contribution is 7.89. The van der Waals surface area contributed by atoms with Crippen molar-refractivity contribution in [2.45, 2.75) is 127 Å². The summed E-state index contributed by atoms with van der Waals surface area (Å²) in [6, 6.07) is 7.46. The van der Waals surface area contributed by atoms with Crippen LogP contribution in [0, 0.1) is 17.6 Å². The number of carbonyl (C=O) groups excluding carboxylic acids is 5. The number of rotatable bonds is 6. The van der Waals surface area contributed by atoms with Gasteiger partial charge < -0.3 is 25.0 Å². The van der Waals surface area contributed by atoms with Gasteiger partial charge in [0.25, 0.3) is 5.91 Å². The first kappa shape index (κ1) is 40.9. The maximum Gasteiger partial charge on any atom is 0.410 e. The molecular weight excluding hydrogens is 753 g/mol. The molecule has 56 heavy (non-hydrogen) atoms. The molecule has 1 aliphatic carbocycles. The van der Waals surface area contributed by atoms with E-state index in [1.165, 1.54) is 34.1 Å². The van der Waals surface area contributed by atoms with E-state index in [9.17, 15) is 41.2 Å². The topological polar surface area (TPSA) is 181 Å². The summed E-state index contributed by atoms with van der Waals surface area (Å²) >= 11 is 0. The zero-order valence-electron chi connectivity index (χ0n) is 31.8. The van der Waals surface area contributed by atoms with Crippen LogP contribution in [0.4, 0.5) is 18.4 Å². The number of amides is 5. The number of nitrogens with one attached hydrogen (secondary N) is 3. The van der Waals surface area contributed by atoms with E-state index in [-0.39, 0.29) is 44.5 Å². The molecule has 2 aromatic carbocycles. The molecule has 304 valence electrons. The third kappa shape index (κ3) is 9.59. The van der Waals surface area contributed by atoms with E-state index >= 15 is 0 Å². The maximum absolute atomic E-state index is 14.5. The van der Waals surface area contributed by atoms with E-state index < -0.39 is 92.6 Å². The van der Waals surface area contributed by atoms with Crippen LogP contribution in [-0.4, -0.2) is 84.0 Å². The summed E-state index contributed by atoms with van der Waals surface area (Å²) in [6.07, 6.45) is 1.65. The quantitative estimate of drug-likeness (QED) is 0.378. The summed E-state index contributed by atoms with van der Waals surface area (Å²) in [6.45, 7) is 4.89. The highest BCUT2D eigenvalue weighted by Crippen LogP contribution is 2.48. The van der Waals surface area contributed by atoms with Crippen LogP contribution in [0.3, 0.4) is 0 Å². The van der Waals surface area contributed by atoms with Gasteiger partial charge in [-0.15, -0.1) is 0 Å². The van der Waals surface area contributed by atoms with Crippen molar-refractivity contribution >= 4 is 39.9 Å². The molecule has 3 N–H and O–H groups in total. The molecule has 3 fully saturated rings. The molecule has 1 saturated carbocycles. The zero-order chi connectivity index (χ0) is 40.4. The molecule has 17 heteroatoms. The summed E-state index contributed by atoms with van der Waals surface area (Å²) in [5, 5.41) is 5.43. The Bertz CT molecular complexity index is 1980. The Morgan fingerprint density at radius 3 is 2.36 bits per heavy atom. The lowest BCUT2D eigenvalue weighted by molar-refractivity contribution is -0.141. The Hall–Kier alpha value is -4.80. The maximum atomic E-state index is 14.5. The van der Waals surface area contributed by atoms with Crippen molar-refractivity contribution in [2.24, 2.45) is 5.92 Å². The number of ether oxygens (including phenoxy) is 2. The molecule has 0 spiro atoms. The van der Waals surface area contributed by atoms with Crippen LogP contribution < -0.4 is 15.4 Å². The van der Waals surface area contributed by atoms with Gasteiger partial charge in [-0.1, -0.05) is 62.4 Å². The molecule has 6 rings (SSSR count). The molecule has 0 bridgehead atoms. The molecule has 0 unspecified atom stereocenters. The number of fused-ring (bicyclic) bond motifs is 3. The van der Waals surface area contributed by atoms with Crippen LogP contribution in [0.1, 0.15) is 95.2 Å². The van der Waals surface area contributed by atoms with Crippen molar-refractivity contribution in [1.82, 2.24) is 25.2 Å². The highest BCUT2D eigenvalue weighted by atomic mass is 32.2. The number of carbonyl (C=O) groups is 5. The standard InChI is InChI=1S/C39H49F2N5O9S/c1-38(2,3)55-36(50)42-31-17-8-6-4-5-7-14-26-19-39(26,35(49)44-56(52,53)23-25-12-9-10-15-29(25)40)43-33(47)32-18-27(21-46(32)34(31)48)54-37(51)45-20-24-13-11-16-30(41)28(24)22-45/h9-13,15-16,26-27,31-32H,4-8,14,17-23H2,1-3H3,(H,42,50)(H,43,47)(H,44,49)/t26-,27+,31-,32-,39+/m0/s1. The van der Waals surface area contributed by atoms with Gasteiger partial charge in [0.05, 0.1) is 18.8 Å². The molecule has 0 aromatic heterocycles. The highest BCUT2D eigenvalue weighted by Gasteiger charge is 2.62. The number of hydrogen-bond donors (Lipinski definition) is 3. The second kappa shape index (κ2) is 16.4. The van der Waals surface area contributed by atoms with Crippen LogP contribution in [-0.2, 0) is 52.7 Å². The Kier molecular flexibility index (Phi) is 11.9. The van der Waals surface area contributed by atoms with Crippen LogP contribution in [0.2, 0.25) is 0 Å². The monoisotopic (exact) mass is 801 g/mol. The van der Waals surface area contributed by atoms with Gasteiger partial charge in [0, 0.05) is 24.1 Å². The van der Waals surface area contributed by atoms with E-state index in [0.717, 1.165) is 25.3 Å². The van der Waals surface area contributed by atoms with Gasteiger partial charge in [0.2, 0.25) is 21.8 Å². The average molecular weight is 802 g/mol. The van der Waals surface area contributed by atoms with Crippen molar-refractivity contribution in [1.29, 1.82) is 0 Å². The summed E-state index contributed by atoms with van der Waals surface area (Å²) in [7, 11) is -4.40. The lowest BCUT2D eigenvalue weighted by Crippen LogP contribution is -2.58. The van der Waals surface area contributed by atoms with Crippen molar-refractivity contribution in [2.75, 3.05) is 6.54 Å². The Labute approximate surface area is 325 Å². The fourth-order valence-electron chi connectivity index (χ4n) is 7.84. The van der Waals surface area contributed by atoms with Gasteiger partial charge >= 0.3 is 12.2 Å². The Balaban J connectivity index is 1.25. The number of halogens is 2. The second-order valence-corrected chi connectivity index (χ2v) is 17.9. The number of sulfonamides is 1. The van der Waals surface area contributed by atoms with E-state index in [0.29, 0.717) is 30.4 Å².